The Morgan fingerprint density at radius 1 is 1.15 bits per heavy atom. The van der Waals surface area contributed by atoms with Gasteiger partial charge in [-0.25, -0.2) is 0 Å². The number of hydrogen-bond donors (Lipinski definition) is 1. The highest BCUT2D eigenvalue weighted by molar-refractivity contribution is 7.07. The lowest BCUT2D eigenvalue weighted by Crippen LogP contribution is -2.48. The van der Waals surface area contributed by atoms with E-state index in [0.29, 0.717) is 6.04 Å². The van der Waals surface area contributed by atoms with Gasteiger partial charge >= 0.3 is 0 Å². The van der Waals surface area contributed by atoms with Crippen molar-refractivity contribution in [1.82, 2.24) is 9.80 Å². The summed E-state index contributed by atoms with van der Waals surface area (Å²) in [6.07, 6.45) is 6.88. The Morgan fingerprint density at radius 3 is 2.50 bits per heavy atom. The van der Waals surface area contributed by atoms with E-state index in [1.54, 1.807) is 11.3 Å². The van der Waals surface area contributed by atoms with Crippen LogP contribution in [0.15, 0.2) is 16.8 Å². The van der Waals surface area contributed by atoms with E-state index in [0.717, 1.165) is 12.6 Å². The molecule has 2 N–H and O–H groups in total. The molecule has 3 rings (SSSR count). The van der Waals surface area contributed by atoms with Crippen molar-refractivity contribution >= 4 is 11.3 Å². The summed E-state index contributed by atoms with van der Waals surface area (Å²) in [5.74, 6) is 0. The van der Waals surface area contributed by atoms with E-state index in [1.807, 2.05) is 0 Å². The maximum absolute atomic E-state index is 6.02. The van der Waals surface area contributed by atoms with Crippen molar-refractivity contribution in [3.8, 4) is 0 Å². The van der Waals surface area contributed by atoms with Gasteiger partial charge in [0.25, 0.3) is 0 Å². The molecular weight excluding hydrogens is 266 g/mol. The first kappa shape index (κ1) is 14.5. The van der Waals surface area contributed by atoms with Crippen LogP contribution in [0.2, 0.25) is 0 Å². The summed E-state index contributed by atoms with van der Waals surface area (Å²) in [5, 5.41) is 4.42. The Kier molecular flexibility index (Phi) is 5.10. The van der Waals surface area contributed by atoms with Gasteiger partial charge in [-0.3, -0.25) is 4.90 Å². The molecular formula is C16H27N3S. The average molecular weight is 293 g/mol. The summed E-state index contributed by atoms with van der Waals surface area (Å²) >= 11 is 1.78. The lowest BCUT2D eigenvalue weighted by Gasteiger charge is -2.42. The van der Waals surface area contributed by atoms with Crippen molar-refractivity contribution in [3.05, 3.63) is 22.4 Å². The lowest BCUT2D eigenvalue weighted by molar-refractivity contribution is 0.0737. The highest BCUT2D eigenvalue weighted by Crippen LogP contribution is 2.28. The zero-order valence-electron chi connectivity index (χ0n) is 12.3. The maximum atomic E-state index is 6.02. The van der Waals surface area contributed by atoms with Crippen LogP contribution >= 0.6 is 11.3 Å². The second kappa shape index (κ2) is 7.03. The van der Waals surface area contributed by atoms with Crippen LogP contribution in [0.4, 0.5) is 0 Å². The fourth-order valence-electron chi connectivity index (χ4n) is 3.81. The van der Waals surface area contributed by atoms with Gasteiger partial charge in [0.15, 0.2) is 0 Å². The van der Waals surface area contributed by atoms with Crippen molar-refractivity contribution in [1.29, 1.82) is 0 Å². The molecule has 2 fully saturated rings. The number of likely N-dealkylation sites (tertiary alicyclic amines) is 2. The molecule has 1 atom stereocenters. The summed E-state index contributed by atoms with van der Waals surface area (Å²) in [5.41, 5.74) is 7.44. The van der Waals surface area contributed by atoms with Gasteiger partial charge in [-0.15, -0.1) is 0 Å². The molecule has 3 nitrogen and oxygen atoms in total. The third-order valence-corrected chi connectivity index (χ3v) is 5.70. The van der Waals surface area contributed by atoms with Gasteiger partial charge in [0.05, 0.1) is 0 Å². The Morgan fingerprint density at radius 2 is 1.90 bits per heavy atom. The first-order chi connectivity index (χ1) is 9.88. The lowest BCUT2D eigenvalue weighted by atomic mass is 9.97. The molecule has 4 heteroatoms. The SMILES string of the molecule is NCC(c1ccsc1)N1CCC(N2CCCCC2)CC1. The molecule has 3 heterocycles. The molecule has 2 aliphatic rings. The molecule has 1 aromatic heterocycles. The van der Waals surface area contributed by atoms with Gasteiger partial charge in [0.2, 0.25) is 0 Å². The van der Waals surface area contributed by atoms with Crippen molar-refractivity contribution in [2.75, 3.05) is 32.7 Å². The van der Waals surface area contributed by atoms with Crippen LogP contribution in [0.3, 0.4) is 0 Å². The summed E-state index contributed by atoms with van der Waals surface area (Å²) in [6.45, 7) is 5.81. The zero-order valence-corrected chi connectivity index (χ0v) is 13.2. The number of nitrogens with two attached hydrogens (primary N) is 1. The fourth-order valence-corrected chi connectivity index (χ4v) is 4.51. The van der Waals surface area contributed by atoms with Gasteiger partial charge in [0.1, 0.15) is 0 Å². The molecule has 0 saturated carbocycles. The molecule has 2 saturated heterocycles. The predicted molar refractivity (Wildman–Crippen MR) is 86.1 cm³/mol. The zero-order chi connectivity index (χ0) is 13.8. The molecule has 0 aliphatic carbocycles. The van der Waals surface area contributed by atoms with Crippen LogP contribution in [0.5, 0.6) is 0 Å². The minimum Gasteiger partial charge on any atom is -0.329 e. The quantitative estimate of drug-likeness (QED) is 0.926. The number of hydrogen-bond acceptors (Lipinski definition) is 4. The molecule has 2 aliphatic heterocycles. The number of thiophene rings is 1. The fraction of sp³-hybridized carbons (Fsp3) is 0.750. The summed E-state index contributed by atoms with van der Waals surface area (Å²) in [4.78, 5) is 5.34. The molecule has 0 amide bonds. The molecule has 0 aromatic carbocycles. The molecule has 0 radical (unpaired) electrons. The van der Waals surface area contributed by atoms with Crippen LogP contribution in [0, 0.1) is 0 Å². The van der Waals surface area contributed by atoms with Gasteiger partial charge in [-0.1, -0.05) is 6.42 Å². The van der Waals surface area contributed by atoms with E-state index in [9.17, 15) is 0 Å². The van der Waals surface area contributed by atoms with Crippen LogP contribution in [-0.4, -0.2) is 48.6 Å². The smallest absolute Gasteiger partial charge is 0.0478 e. The number of piperidine rings is 2. The van der Waals surface area contributed by atoms with Crippen LogP contribution in [-0.2, 0) is 0 Å². The first-order valence-corrected chi connectivity index (χ1v) is 9.03. The Balaban J connectivity index is 1.54. The average Bonchev–Trinajstić information content (AvgIpc) is 3.04. The third-order valence-electron chi connectivity index (χ3n) is 5.00. The van der Waals surface area contributed by atoms with E-state index in [4.69, 9.17) is 5.73 Å². The highest BCUT2D eigenvalue weighted by atomic mass is 32.1. The number of nitrogens with zero attached hydrogens (tertiary/aromatic N) is 2. The Hall–Kier alpha value is -0.420. The normalized spacial score (nSPS) is 24.9. The molecule has 112 valence electrons. The first-order valence-electron chi connectivity index (χ1n) is 8.09. The maximum Gasteiger partial charge on any atom is 0.0478 e. The van der Waals surface area contributed by atoms with Gasteiger partial charge in [-0.2, -0.15) is 11.3 Å². The molecule has 1 unspecified atom stereocenters. The second-order valence-electron chi connectivity index (χ2n) is 6.17. The molecule has 0 bridgehead atoms. The molecule has 1 aromatic rings. The summed E-state index contributed by atoms with van der Waals surface area (Å²) < 4.78 is 0. The van der Waals surface area contributed by atoms with E-state index in [1.165, 1.54) is 63.8 Å². The monoisotopic (exact) mass is 293 g/mol. The Labute approximate surface area is 126 Å². The second-order valence-corrected chi connectivity index (χ2v) is 6.95. The minimum absolute atomic E-state index is 0.434. The minimum atomic E-state index is 0.434. The number of rotatable bonds is 4. The molecule has 0 spiro atoms. The Bertz CT molecular complexity index is 378. The highest BCUT2D eigenvalue weighted by Gasteiger charge is 2.29. The van der Waals surface area contributed by atoms with E-state index >= 15 is 0 Å². The van der Waals surface area contributed by atoms with Crippen LogP contribution in [0.1, 0.15) is 43.7 Å². The summed E-state index contributed by atoms with van der Waals surface area (Å²) in [6, 6.07) is 3.50. The molecule has 20 heavy (non-hydrogen) atoms. The van der Waals surface area contributed by atoms with Crippen LogP contribution < -0.4 is 5.73 Å². The van der Waals surface area contributed by atoms with Crippen molar-refractivity contribution in [2.45, 2.75) is 44.2 Å². The van der Waals surface area contributed by atoms with E-state index in [2.05, 4.69) is 26.6 Å². The van der Waals surface area contributed by atoms with Crippen molar-refractivity contribution < 1.29 is 0 Å². The van der Waals surface area contributed by atoms with E-state index < -0.39 is 0 Å². The van der Waals surface area contributed by atoms with E-state index in [-0.39, 0.29) is 0 Å². The van der Waals surface area contributed by atoms with Gasteiger partial charge in [0, 0.05) is 31.7 Å². The summed E-state index contributed by atoms with van der Waals surface area (Å²) in [7, 11) is 0. The van der Waals surface area contributed by atoms with Crippen molar-refractivity contribution in [2.24, 2.45) is 5.73 Å². The third kappa shape index (κ3) is 3.25. The van der Waals surface area contributed by atoms with Crippen molar-refractivity contribution in [3.63, 3.8) is 0 Å². The predicted octanol–water partition coefficient (Wildman–Crippen LogP) is 2.70. The van der Waals surface area contributed by atoms with Crippen LogP contribution in [0.25, 0.3) is 0 Å². The topological polar surface area (TPSA) is 32.5 Å². The standard InChI is InChI=1S/C16H27N3S/c17-12-16(14-6-11-20-13-14)19-9-4-15(5-10-19)18-7-2-1-3-8-18/h6,11,13,15-16H,1-5,7-10,12,17H2. The van der Waals surface area contributed by atoms with Gasteiger partial charge in [-0.05, 0) is 61.2 Å². The largest absolute Gasteiger partial charge is 0.329 e. The van der Waals surface area contributed by atoms with Gasteiger partial charge < -0.3 is 10.6 Å².